The summed E-state index contributed by atoms with van der Waals surface area (Å²) in [6, 6.07) is 7.75. The van der Waals surface area contributed by atoms with Crippen LogP contribution < -0.4 is 5.73 Å². The Morgan fingerprint density at radius 3 is 2.17 bits per heavy atom. The Kier molecular flexibility index (Phi) is 4.38. The second-order valence-electron chi connectivity index (χ2n) is 6.06. The molecule has 3 N–H and O–H groups in total. The van der Waals surface area contributed by atoms with E-state index in [9.17, 15) is 4.79 Å². The molecule has 0 aliphatic heterocycles. The number of anilines is 1. The Balaban J connectivity index is 2.99. The summed E-state index contributed by atoms with van der Waals surface area (Å²) >= 11 is 0. The molecule has 18 heavy (non-hydrogen) atoms. The van der Waals surface area contributed by atoms with E-state index in [0.29, 0.717) is 6.42 Å². The quantitative estimate of drug-likeness (QED) is 0.803. The van der Waals surface area contributed by atoms with Crippen molar-refractivity contribution in [3.63, 3.8) is 0 Å². The molecule has 0 fully saturated rings. The maximum atomic E-state index is 11.0. The van der Waals surface area contributed by atoms with Gasteiger partial charge in [-0.15, -0.1) is 0 Å². The van der Waals surface area contributed by atoms with Gasteiger partial charge in [0.05, 0.1) is 5.92 Å². The van der Waals surface area contributed by atoms with Crippen LogP contribution in [0.15, 0.2) is 24.3 Å². The molecule has 0 saturated heterocycles. The lowest BCUT2D eigenvalue weighted by Crippen LogP contribution is -2.23. The molecule has 2 unspecified atom stereocenters. The summed E-state index contributed by atoms with van der Waals surface area (Å²) in [5.74, 6) is -0.865. The topological polar surface area (TPSA) is 63.3 Å². The van der Waals surface area contributed by atoms with Crippen molar-refractivity contribution in [3.8, 4) is 0 Å². The summed E-state index contributed by atoms with van der Waals surface area (Å²) in [6.45, 7) is 8.19. The molecule has 0 amide bonds. The highest BCUT2D eigenvalue weighted by Gasteiger charge is 2.29. The van der Waals surface area contributed by atoms with Crippen molar-refractivity contribution in [3.05, 3.63) is 29.8 Å². The van der Waals surface area contributed by atoms with E-state index in [1.165, 1.54) is 0 Å². The fraction of sp³-hybridized carbons (Fsp3) is 0.533. The summed E-state index contributed by atoms with van der Waals surface area (Å²) in [7, 11) is 0. The number of rotatable bonds is 4. The van der Waals surface area contributed by atoms with E-state index in [1.807, 2.05) is 24.3 Å². The van der Waals surface area contributed by atoms with Gasteiger partial charge in [0.1, 0.15) is 0 Å². The summed E-state index contributed by atoms with van der Waals surface area (Å²) in [5, 5.41) is 9.07. The van der Waals surface area contributed by atoms with Gasteiger partial charge in [-0.3, -0.25) is 4.79 Å². The molecule has 100 valence electrons. The Bertz CT molecular complexity index is 403. The zero-order valence-corrected chi connectivity index (χ0v) is 11.6. The minimum atomic E-state index is -0.736. The number of hydrogen-bond acceptors (Lipinski definition) is 2. The molecule has 3 heteroatoms. The molecule has 1 rings (SSSR count). The molecule has 0 aliphatic carbocycles. The maximum Gasteiger partial charge on any atom is 0.306 e. The molecular weight excluding hydrogens is 226 g/mol. The van der Waals surface area contributed by atoms with Gasteiger partial charge in [-0.1, -0.05) is 39.8 Å². The molecule has 2 atom stereocenters. The van der Waals surface area contributed by atoms with Crippen LogP contribution in [0.4, 0.5) is 5.69 Å². The fourth-order valence-corrected chi connectivity index (χ4v) is 2.17. The molecule has 0 saturated carbocycles. The smallest absolute Gasteiger partial charge is 0.306 e. The largest absolute Gasteiger partial charge is 0.481 e. The Morgan fingerprint density at radius 2 is 1.78 bits per heavy atom. The molecule has 0 heterocycles. The third-order valence-corrected chi connectivity index (χ3v) is 3.40. The van der Waals surface area contributed by atoms with E-state index in [1.54, 1.807) is 6.92 Å². The second kappa shape index (κ2) is 5.42. The van der Waals surface area contributed by atoms with E-state index >= 15 is 0 Å². The van der Waals surface area contributed by atoms with Crippen LogP contribution in [0.5, 0.6) is 0 Å². The lowest BCUT2D eigenvalue weighted by Gasteiger charge is -2.32. The second-order valence-corrected chi connectivity index (χ2v) is 6.06. The predicted octanol–water partition coefficient (Wildman–Crippen LogP) is 3.51. The SMILES string of the molecule is CC(CC(c1ccc(N)cc1)C(C)(C)C)C(=O)O. The van der Waals surface area contributed by atoms with Crippen molar-refractivity contribution in [2.45, 2.75) is 40.0 Å². The molecule has 0 spiro atoms. The summed E-state index contributed by atoms with van der Waals surface area (Å²) in [5.41, 5.74) is 7.61. The molecule has 0 bridgehead atoms. The Morgan fingerprint density at radius 1 is 1.28 bits per heavy atom. The van der Waals surface area contributed by atoms with Gasteiger partial charge in [0.15, 0.2) is 0 Å². The number of carbonyl (C=O) groups is 1. The molecule has 0 radical (unpaired) electrons. The first-order chi connectivity index (χ1) is 8.21. The highest BCUT2D eigenvalue weighted by molar-refractivity contribution is 5.69. The average Bonchev–Trinajstić information content (AvgIpc) is 2.25. The van der Waals surface area contributed by atoms with Crippen molar-refractivity contribution >= 4 is 11.7 Å². The number of hydrogen-bond donors (Lipinski definition) is 2. The number of benzene rings is 1. The van der Waals surface area contributed by atoms with Crippen molar-refractivity contribution in [1.29, 1.82) is 0 Å². The van der Waals surface area contributed by atoms with E-state index in [4.69, 9.17) is 10.8 Å². The van der Waals surface area contributed by atoms with Gasteiger partial charge in [-0.25, -0.2) is 0 Å². The number of nitrogens with two attached hydrogens (primary N) is 1. The average molecular weight is 249 g/mol. The van der Waals surface area contributed by atoms with Crippen LogP contribution >= 0.6 is 0 Å². The van der Waals surface area contributed by atoms with Crippen LogP contribution in [-0.4, -0.2) is 11.1 Å². The normalized spacial score (nSPS) is 15.1. The maximum absolute atomic E-state index is 11.0. The van der Waals surface area contributed by atoms with Gasteiger partial charge in [0.25, 0.3) is 0 Å². The zero-order valence-electron chi connectivity index (χ0n) is 11.6. The van der Waals surface area contributed by atoms with Crippen LogP contribution in [0.1, 0.15) is 45.6 Å². The van der Waals surface area contributed by atoms with E-state index in [2.05, 4.69) is 20.8 Å². The lowest BCUT2D eigenvalue weighted by atomic mass is 9.72. The molecular formula is C15H23NO2. The van der Waals surface area contributed by atoms with Gasteiger partial charge in [0.2, 0.25) is 0 Å². The van der Waals surface area contributed by atoms with Crippen LogP contribution in [0.2, 0.25) is 0 Å². The van der Waals surface area contributed by atoms with Gasteiger partial charge in [-0.2, -0.15) is 0 Å². The lowest BCUT2D eigenvalue weighted by molar-refractivity contribution is -0.141. The summed E-state index contributed by atoms with van der Waals surface area (Å²) in [6.07, 6.45) is 0.642. The van der Waals surface area contributed by atoms with Crippen molar-refractivity contribution < 1.29 is 9.90 Å². The van der Waals surface area contributed by atoms with Crippen LogP contribution in [0.3, 0.4) is 0 Å². The molecule has 0 aliphatic rings. The van der Waals surface area contributed by atoms with Gasteiger partial charge in [0, 0.05) is 5.69 Å². The van der Waals surface area contributed by atoms with Gasteiger partial charge < -0.3 is 10.8 Å². The minimum Gasteiger partial charge on any atom is -0.481 e. The molecule has 3 nitrogen and oxygen atoms in total. The number of carboxylic acid groups (broad SMARTS) is 1. The van der Waals surface area contributed by atoms with Crippen molar-refractivity contribution in [2.24, 2.45) is 11.3 Å². The third-order valence-electron chi connectivity index (χ3n) is 3.40. The standard InChI is InChI=1S/C15H23NO2/c1-10(14(17)18)9-13(15(2,3)4)11-5-7-12(16)8-6-11/h5-8,10,13H,9,16H2,1-4H3,(H,17,18). The summed E-state index contributed by atoms with van der Waals surface area (Å²) in [4.78, 5) is 11.0. The minimum absolute atomic E-state index is 0.0276. The van der Waals surface area contributed by atoms with Crippen molar-refractivity contribution in [1.82, 2.24) is 0 Å². The Hall–Kier alpha value is -1.51. The highest BCUT2D eigenvalue weighted by atomic mass is 16.4. The first-order valence-corrected chi connectivity index (χ1v) is 6.30. The number of carboxylic acids is 1. The predicted molar refractivity (Wildman–Crippen MR) is 74.5 cm³/mol. The molecule has 1 aromatic rings. The van der Waals surface area contributed by atoms with Crippen LogP contribution in [-0.2, 0) is 4.79 Å². The van der Waals surface area contributed by atoms with E-state index < -0.39 is 5.97 Å². The highest BCUT2D eigenvalue weighted by Crippen LogP contribution is 2.39. The number of nitrogen functional groups attached to an aromatic ring is 1. The van der Waals surface area contributed by atoms with E-state index in [0.717, 1.165) is 11.3 Å². The van der Waals surface area contributed by atoms with Gasteiger partial charge in [-0.05, 0) is 35.4 Å². The van der Waals surface area contributed by atoms with Crippen molar-refractivity contribution in [2.75, 3.05) is 5.73 Å². The van der Waals surface area contributed by atoms with Crippen LogP contribution in [0.25, 0.3) is 0 Å². The first kappa shape index (κ1) is 14.6. The zero-order chi connectivity index (χ0) is 13.9. The molecule has 1 aromatic carbocycles. The molecule has 0 aromatic heterocycles. The third kappa shape index (κ3) is 3.76. The van der Waals surface area contributed by atoms with Crippen LogP contribution in [0, 0.1) is 11.3 Å². The first-order valence-electron chi connectivity index (χ1n) is 6.30. The van der Waals surface area contributed by atoms with E-state index in [-0.39, 0.29) is 17.3 Å². The Labute approximate surface area is 109 Å². The number of aliphatic carboxylic acids is 1. The fourth-order valence-electron chi connectivity index (χ4n) is 2.17. The summed E-state index contributed by atoms with van der Waals surface area (Å²) < 4.78 is 0. The monoisotopic (exact) mass is 249 g/mol. The van der Waals surface area contributed by atoms with Gasteiger partial charge >= 0.3 is 5.97 Å².